The van der Waals surface area contributed by atoms with E-state index >= 15 is 0 Å². The molecule has 3 rings (SSSR count). The predicted octanol–water partition coefficient (Wildman–Crippen LogP) is 2.34. The van der Waals surface area contributed by atoms with Crippen LogP contribution in [0.2, 0.25) is 0 Å². The number of piperidine rings is 1. The van der Waals surface area contributed by atoms with Gasteiger partial charge in [0, 0.05) is 12.6 Å². The van der Waals surface area contributed by atoms with E-state index < -0.39 is 0 Å². The van der Waals surface area contributed by atoms with Crippen LogP contribution in [-0.2, 0) is 0 Å². The Labute approximate surface area is 118 Å². The van der Waals surface area contributed by atoms with Crippen LogP contribution in [0.5, 0.6) is 0 Å². The number of nitrogens with one attached hydrogen (secondary N) is 1. The molecule has 0 radical (unpaired) electrons. The molecule has 0 spiro atoms. The lowest BCUT2D eigenvalue weighted by Crippen LogP contribution is -2.47. The molecule has 0 saturated carbocycles. The topological polar surface area (TPSA) is 83.7 Å². The fourth-order valence-electron chi connectivity index (χ4n) is 3.11. The van der Waals surface area contributed by atoms with Crippen molar-refractivity contribution in [2.75, 3.05) is 17.2 Å². The number of nitrogens with two attached hydrogens (primary N) is 1. The third kappa shape index (κ3) is 2.19. The molecule has 2 aromatic heterocycles. The number of anilines is 2. The van der Waals surface area contributed by atoms with E-state index in [1.54, 1.807) is 6.20 Å². The lowest BCUT2D eigenvalue weighted by Gasteiger charge is -2.44. The summed E-state index contributed by atoms with van der Waals surface area (Å²) in [4.78, 5) is 11.1. The van der Waals surface area contributed by atoms with Crippen molar-refractivity contribution in [3.8, 4) is 0 Å². The zero-order valence-electron chi connectivity index (χ0n) is 12.3. The Morgan fingerprint density at radius 3 is 3.00 bits per heavy atom. The van der Waals surface area contributed by atoms with Crippen molar-refractivity contribution in [2.45, 2.75) is 46.1 Å². The second-order valence-electron chi connectivity index (χ2n) is 6.43. The predicted molar refractivity (Wildman–Crippen MR) is 80.5 cm³/mol. The van der Waals surface area contributed by atoms with Crippen molar-refractivity contribution in [3.05, 3.63) is 6.20 Å². The van der Waals surface area contributed by atoms with Crippen molar-refractivity contribution in [2.24, 2.45) is 5.41 Å². The zero-order valence-corrected chi connectivity index (χ0v) is 12.3. The van der Waals surface area contributed by atoms with Gasteiger partial charge in [-0.25, -0.2) is 0 Å². The third-order valence-electron chi connectivity index (χ3n) is 4.24. The van der Waals surface area contributed by atoms with E-state index in [1.165, 1.54) is 12.8 Å². The van der Waals surface area contributed by atoms with Crippen molar-refractivity contribution < 1.29 is 0 Å². The number of H-pyrrole nitrogens is 1. The Morgan fingerprint density at radius 2 is 2.25 bits per heavy atom. The molecular weight excluding hydrogens is 252 g/mol. The van der Waals surface area contributed by atoms with Gasteiger partial charge < -0.3 is 10.6 Å². The average Bonchev–Trinajstić information content (AvgIpc) is 2.84. The minimum atomic E-state index is 0.293. The van der Waals surface area contributed by atoms with Crippen molar-refractivity contribution in [3.63, 3.8) is 0 Å². The van der Waals surface area contributed by atoms with E-state index in [4.69, 9.17) is 5.73 Å². The van der Waals surface area contributed by atoms with Gasteiger partial charge >= 0.3 is 0 Å². The van der Waals surface area contributed by atoms with Crippen LogP contribution in [0.25, 0.3) is 11.0 Å². The van der Waals surface area contributed by atoms with Gasteiger partial charge in [-0.15, -0.1) is 0 Å². The van der Waals surface area contributed by atoms with Gasteiger partial charge in [-0.1, -0.05) is 20.8 Å². The molecule has 2 aromatic rings. The molecule has 6 heteroatoms. The molecule has 1 aliphatic heterocycles. The van der Waals surface area contributed by atoms with Crippen LogP contribution < -0.4 is 10.6 Å². The number of hydrogen-bond donors (Lipinski definition) is 2. The summed E-state index contributed by atoms with van der Waals surface area (Å²) >= 11 is 0. The van der Waals surface area contributed by atoms with Crippen molar-refractivity contribution >= 4 is 22.8 Å². The first-order chi connectivity index (χ1) is 9.50. The number of aromatic amines is 1. The maximum Gasteiger partial charge on any atom is 0.224 e. The van der Waals surface area contributed by atoms with Gasteiger partial charge in [-0.2, -0.15) is 15.1 Å². The zero-order chi connectivity index (χ0) is 14.3. The van der Waals surface area contributed by atoms with Gasteiger partial charge in [0.15, 0.2) is 5.65 Å². The smallest absolute Gasteiger partial charge is 0.224 e. The van der Waals surface area contributed by atoms with Crippen molar-refractivity contribution in [1.82, 2.24) is 20.2 Å². The largest absolute Gasteiger partial charge is 0.368 e. The lowest BCUT2D eigenvalue weighted by atomic mass is 9.80. The number of nitrogens with zero attached hydrogens (tertiary/aromatic N) is 4. The van der Waals surface area contributed by atoms with Crippen LogP contribution >= 0.6 is 0 Å². The molecule has 1 aliphatic rings. The molecule has 0 bridgehead atoms. The number of nitrogen functional groups attached to an aromatic ring is 1. The Bertz CT molecular complexity index is 617. The molecule has 1 unspecified atom stereocenters. The van der Waals surface area contributed by atoms with Crippen LogP contribution in [-0.4, -0.2) is 32.8 Å². The van der Waals surface area contributed by atoms with Crippen LogP contribution in [0.3, 0.4) is 0 Å². The van der Waals surface area contributed by atoms with E-state index in [0.717, 1.165) is 24.2 Å². The highest BCUT2D eigenvalue weighted by atomic mass is 15.3. The van der Waals surface area contributed by atoms with Gasteiger partial charge in [-0.3, -0.25) is 5.10 Å². The number of rotatable bonds is 2. The maximum atomic E-state index is 5.85. The summed E-state index contributed by atoms with van der Waals surface area (Å²) < 4.78 is 0. The monoisotopic (exact) mass is 274 g/mol. The van der Waals surface area contributed by atoms with Gasteiger partial charge in [0.25, 0.3) is 0 Å². The van der Waals surface area contributed by atoms with Gasteiger partial charge in [-0.05, 0) is 24.7 Å². The molecule has 0 aromatic carbocycles. The minimum absolute atomic E-state index is 0.293. The Morgan fingerprint density at radius 1 is 1.45 bits per heavy atom. The SMILES string of the molecule is CCC1CCC(C)(C)CN1c1nc(N)nc2[nH]ncc12. The Hall–Kier alpha value is -1.85. The first kappa shape index (κ1) is 13.1. The summed E-state index contributed by atoms with van der Waals surface area (Å²) in [5.41, 5.74) is 6.86. The number of aromatic nitrogens is 4. The maximum absolute atomic E-state index is 5.85. The fraction of sp³-hybridized carbons (Fsp3) is 0.643. The molecule has 6 nitrogen and oxygen atoms in total. The first-order valence-electron chi connectivity index (χ1n) is 7.23. The summed E-state index contributed by atoms with van der Waals surface area (Å²) in [6.45, 7) is 7.83. The minimum Gasteiger partial charge on any atom is -0.368 e. The van der Waals surface area contributed by atoms with Crippen LogP contribution in [0.1, 0.15) is 40.0 Å². The van der Waals surface area contributed by atoms with E-state index in [-0.39, 0.29) is 0 Å². The van der Waals surface area contributed by atoms with E-state index in [2.05, 4.69) is 45.8 Å². The highest BCUT2D eigenvalue weighted by Crippen LogP contribution is 2.37. The van der Waals surface area contributed by atoms with Gasteiger partial charge in [0.2, 0.25) is 5.95 Å². The molecule has 3 N–H and O–H groups in total. The van der Waals surface area contributed by atoms with Crippen LogP contribution in [0.4, 0.5) is 11.8 Å². The highest BCUT2D eigenvalue weighted by molar-refractivity contribution is 5.87. The molecule has 1 fully saturated rings. The standard InChI is InChI=1S/C14H22N6/c1-4-9-5-6-14(2,3)8-20(9)12-10-7-16-19-11(10)17-13(15)18-12/h7,9H,4-6,8H2,1-3H3,(H3,15,16,17,18,19). The van der Waals surface area contributed by atoms with Crippen molar-refractivity contribution in [1.29, 1.82) is 0 Å². The molecule has 20 heavy (non-hydrogen) atoms. The normalized spacial score (nSPS) is 22.4. The first-order valence-corrected chi connectivity index (χ1v) is 7.23. The molecule has 3 heterocycles. The quantitative estimate of drug-likeness (QED) is 0.878. The molecule has 1 atom stereocenters. The molecular formula is C14H22N6. The van der Waals surface area contributed by atoms with Gasteiger partial charge in [0.05, 0.1) is 11.6 Å². The number of hydrogen-bond acceptors (Lipinski definition) is 5. The molecule has 1 saturated heterocycles. The second-order valence-corrected chi connectivity index (χ2v) is 6.43. The summed E-state index contributed by atoms with van der Waals surface area (Å²) in [6, 6.07) is 0.510. The Kier molecular flexibility index (Phi) is 3.03. The summed E-state index contributed by atoms with van der Waals surface area (Å²) in [6.07, 6.45) is 5.33. The fourth-order valence-corrected chi connectivity index (χ4v) is 3.11. The Balaban J connectivity index is 2.09. The van der Waals surface area contributed by atoms with Gasteiger partial charge in [0.1, 0.15) is 5.82 Å². The molecule has 0 amide bonds. The third-order valence-corrected chi connectivity index (χ3v) is 4.24. The lowest BCUT2D eigenvalue weighted by molar-refractivity contribution is 0.253. The van der Waals surface area contributed by atoms with E-state index in [9.17, 15) is 0 Å². The number of fused-ring (bicyclic) bond motifs is 1. The summed E-state index contributed by atoms with van der Waals surface area (Å²) in [5, 5.41) is 7.92. The van der Waals surface area contributed by atoms with Crippen LogP contribution in [0, 0.1) is 5.41 Å². The second kappa shape index (κ2) is 4.61. The summed E-state index contributed by atoms with van der Waals surface area (Å²) in [5.74, 6) is 1.22. The highest BCUT2D eigenvalue weighted by Gasteiger charge is 2.34. The van der Waals surface area contributed by atoms with Crippen LogP contribution in [0.15, 0.2) is 6.20 Å². The van der Waals surface area contributed by atoms with E-state index in [1.807, 2.05) is 0 Å². The molecule has 0 aliphatic carbocycles. The average molecular weight is 274 g/mol. The van der Waals surface area contributed by atoms with E-state index in [0.29, 0.717) is 23.1 Å². The summed E-state index contributed by atoms with van der Waals surface area (Å²) in [7, 11) is 0. The molecule has 108 valence electrons.